The predicted molar refractivity (Wildman–Crippen MR) is 376 cm³/mol. The zero-order chi connectivity index (χ0) is 63.0. The summed E-state index contributed by atoms with van der Waals surface area (Å²) in [6.45, 7) is 3.54. The lowest BCUT2D eigenvalue weighted by molar-refractivity contribution is -0.161. The Labute approximate surface area is 535 Å². The van der Waals surface area contributed by atoms with Crippen molar-refractivity contribution in [3.05, 3.63) is 134 Å². The Morgan fingerprint density at radius 1 is 0.345 bits per heavy atom. The van der Waals surface area contributed by atoms with Crippen molar-refractivity contribution in [3.8, 4) is 0 Å². The van der Waals surface area contributed by atoms with E-state index in [1.54, 1.807) is 0 Å². The molecule has 0 radical (unpaired) electrons. The fourth-order valence-corrected chi connectivity index (χ4v) is 10.6. The van der Waals surface area contributed by atoms with Crippen LogP contribution in [-0.4, -0.2) is 49.3 Å². The average molecular weight is 1230 g/mol. The highest BCUT2D eigenvalue weighted by Gasteiger charge is 2.26. The molecule has 0 rings (SSSR count). The average Bonchev–Trinajstić information content (AvgIpc) is 3.64. The molecule has 0 spiro atoms. The van der Waals surface area contributed by atoms with Crippen LogP contribution in [0.25, 0.3) is 0 Å². The van der Waals surface area contributed by atoms with Gasteiger partial charge in [-0.2, -0.15) is 0 Å². The van der Waals surface area contributed by atoms with E-state index < -0.39 is 26.5 Å². The summed E-state index contributed by atoms with van der Waals surface area (Å²) in [6, 6.07) is 0. The Bertz CT molecular complexity index is 1890. The van der Waals surface area contributed by atoms with Gasteiger partial charge in [-0.25, -0.2) is 4.57 Å². The highest BCUT2D eigenvalue weighted by molar-refractivity contribution is 7.47. The monoisotopic (exact) mass is 1230 g/mol. The minimum atomic E-state index is -4.40. The number of rotatable bonds is 66. The molecule has 0 aromatic carbocycles. The van der Waals surface area contributed by atoms with E-state index in [4.69, 9.17) is 24.3 Å². The molecule has 2 atom stereocenters. The zero-order valence-corrected chi connectivity index (χ0v) is 56.9. The molecule has 0 aliphatic carbocycles. The van der Waals surface area contributed by atoms with Crippen LogP contribution in [0.4, 0.5) is 0 Å². The number of carbonyl (C=O) groups excluding carboxylic acids is 2. The molecular weight excluding hydrogens is 1100 g/mol. The molecule has 0 aromatic rings. The SMILES string of the molecule is CC/C=C\C/C=C\C/C=C\C/C=C\C/C=C\C/C=C\C/C=C\CCCCCCCCCCCCCC(=O)OC(COC(=O)CCCCCCCCCCCCCCCCCCCCCC/C=C\C/C=C\C/C=C\C/C=C\CC)COP(=O)(O)OCCN. The number of esters is 2. The summed E-state index contributed by atoms with van der Waals surface area (Å²) in [6.07, 6.45) is 101. The van der Waals surface area contributed by atoms with Crippen molar-refractivity contribution in [2.24, 2.45) is 5.73 Å². The van der Waals surface area contributed by atoms with E-state index in [-0.39, 0.29) is 38.6 Å². The molecule has 0 aliphatic heterocycles. The Kier molecular flexibility index (Phi) is 68.1. The fraction of sp³-hybridized carbons (Fsp3) is 0.688. The molecule has 0 aromatic heterocycles. The van der Waals surface area contributed by atoms with Crippen molar-refractivity contribution < 1.29 is 37.6 Å². The van der Waals surface area contributed by atoms with Crippen molar-refractivity contribution in [1.82, 2.24) is 0 Å². The fourth-order valence-electron chi connectivity index (χ4n) is 9.85. The largest absolute Gasteiger partial charge is 0.472 e. The summed E-state index contributed by atoms with van der Waals surface area (Å²) in [5.74, 6) is -0.826. The van der Waals surface area contributed by atoms with Crippen LogP contribution >= 0.6 is 7.82 Å². The summed E-state index contributed by atoms with van der Waals surface area (Å²) in [5, 5.41) is 0. The van der Waals surface area contributed by atoms with Crippen molar-refractivity contribution >= 4 is 19.8 Å². The Morgan fingerprint density at radius 3 is 0.885 bits per heavy atom. The van der Waals surface area contributed by atoms with Crippen molar-refractivity contribution in [3.63, 3.8) is 0 Å². The first-order chi connectivity index (χ1) is 42.8. The third-order valence-corrected chi connectivity index (χ3v) is 16.0. The van der Waals surface area contributed by atoms with E-state index >= 15 is 0 Å². The number of unbranched alkanes of at least 4 members (excludes halogenated alkanes) is 31. The maximum atomic E-state index is 12.8. The molecule has 87 heavy (non-hydrogen) atoms. The zero-order valence-electron chi connectivity index (χ0n) is 56.0. The smallest absolute Gasteiger partial charge is 0.462 e. The van der Waals surface area contributed by atoms with Crippen molar-refractivity contribution in [2.45, 2.75) is 315 Å². The number of carbonyl (C=O) groups is 2. The molecule has 9 nitrogen and oxygen atoms in total. The van der Waals surface area contributed by atoms with Gasteiger partial charge in [0, 0.05) is 19.4 Å². The molecule has 0 amide bonds. The van der Waals surface area contributed by atoms with E-state index in [0.717, 1.165) is 116 Å². The number of hydrogen-bond donors (Lipinski definition) is 2. The second kappa shape index (κ2) is 71.2. The molecule has 10 heteroatoms. The van der Waals surface area contributed by atoms with E-state index in [9.17, 15) is 19.0 Å². The van der Waals surface area contributed by atoms with Crippen LogP contribution in [0.15, 0.2) is 134 Å². The van der Waals surface area contributed by atoms with Crippen LogP contribution in [0, 0.1) is 0 Å². The van der Waals surface area contributed by atoms with Gasteiger partial charge in [0.15, 0.2) is 6.10 Å². The van der Waals surface area contributed by atoms with Crippen LogP contribution in [0.2, 0.25) is 0 Å². The van der Waals surface area contributed by atoms with Crippen molar-refractivity contribution in [1.29, 1.82) is 0 Å². The molecule has 2 unspecified atom stereocenters. The van der Waals surface area contributed by atoms with Crippen LogP contribution in [0.1, 0.15) is 309 Å². The third kappa shape index (κ3) is 71.1. The Hall–Kier alpha value is -3.85. The van der Waals surface area contributed by atoms with Gasteiger partial charge in [0.05, 0.1) is 13.2 Å². The van der Waals surface area contributed by atoms with Crippen molar-refractivity contribution in [2.75, 3.05) is 26.4 Å². The first-order valence-corrected chi connectivity index (χ1v) is 37.2. The summed E-state index contributed by atoms with van der Waals surface area (Å²) in [4.78, 5) is 35.4. The van der Waals surface area contributed by atoms with E-state index in [0.29, 0.717) is 6.42 Å². The maximum absolute atomic E-state index is 12.8. The first-order valence-electron chi connectivity index (χ1n) is 35.7. The second-order valence-corrected chi connectivity index (χ2v) is 24.8. The van der Waals surface area contributed by atoms with Crippen LogP contribution in [0.5, 0.6) is 0 Å². The highest BCUT2D eigenvalue weighted by Crippen LogP contribution is 2.43. The molecular formula is C77H132NO8P. The lowest BCUT2D eigenvalue weighted by Gasteiger charge is -2.19. The Balaban J connectivity index is 3.89. The number of allylic oxidation sites excluding steroid dienone is 22. The Morgan fingerprint density at radius 2 is 0.598 bits per heavy atom. The van der Waals surface area contributed by atoms with Gasteiger partial charge in [0.25, 0.3) is 0 Å². The second-order valence-electron chi connectivity index (χ2n) is 23.3. The van der Waals surface area contributed by atoms with E-state index in [2.05, 4.69) is 148 Å². The van der Waals surface area contributed by atoms with Gasteiger partial charge in [-0.1, -0.05) is 321 Å². The van der Waals surface area contributed by atoms with Gasteiger partial charge in [-0.3, -0.25) is 18.6 Å². The first kappa shape index (κ1) is 83.2. The topological polar surface area (TPSA) is 134 Å². The van der Waals surface area contributed by atoms with Gasteiger partial charge in [-0.05, 0) is 109 Å². The van der Waals surface area contributed by atoms with Gasteiger partial charge >= 0.3 is 19.8 Å². The van der Waals surface area contributed by atoms with Crippen LogP contribution in [0.3, 0.4) is 0 Å². The molecule has 498 valence electrons. The summed E-state index contributed by atoms with van der Waals surface area (Å²) < 4.78 is 33.2. The minimum Gasteiger partial charge on any atom is -0.462 e. The predicted octanol–water partition coefficient (Wildman–Crippen LogP) is 23.6. The lowest BCUT2D eigenvalue weighted by Crippen LogP contribution is -2.29. The van der Waals surface area contributed by atoms with Crippen LogP contribution in [-0.2, 0) is 32.7 Å². The van der Waals surface area contributed by atoms with Gasteiger partial charge < -0.3 is 20.1 Å². The van der Waals surface area contributed by atoms with Crippen LogP contribution < -0.4 is 5.73 Å². The highest BCUT2D eigenvalue weighted by atomic mass is 31.2. The van der Waals surface area contributed by atoms with E-state index in [1.165, 1.54) is 161 Å². The number of ether oxygens (including phenoxy) is 2. The molecule has 0 saturated carbocycles. The lowest BCUT2D eigenvalue weighted by atomic mass is 10.0. The third-order valence-electron chi connectivity index (χ3n) is 15.0. The quantitative estimate of drug-likeness (QED) is 0.0264. The van der Waals surface area contributed by atoms with Gasteiger partial charge in [0.1, 0.15) is 6.61 Å². The molecule has 0 aliphatic rings. The minimum absolute atomic E-state index is 0.0487. The molecule has 0 saturated heterocycles. The molecule has 0 heterocycles. The van der Waals surface area contributed by atoms with E-state index in [1.807, 2.05) is 0 Å². The number of nitrogens with two attached hydrogens (primary N) is 1. The number of phosphoric acid groups is 1. The summed E-state index contributed by atoms with van der Waals surface area (Å²) in [5.41, 5.74) is 5.40. The normalized spacial score (nSPS) is 13.7. The standard InChI is InChI=1S/C77H132NO8P/c1-3-5-7-9-11-13-15-17-19-21-23-25-27-29-31-33-35-37-39-41-43-45-47-49-51-53-55-57-59-61-63-65-67-69-76(79)83-73-75(74-85-87(81,82)84-72-71-78)86-77(80)70-68-66-64-62-60-58-56-54-52-50-48-46-44-42-40-38-36-34-32-30-28-26-24-22-20-18-16-14-12-10-8-6-4-2/h5-8,11-14,17-20,23-26,30,32,36,38,42,44,75H,3-4,9-10,15-16,21-22,27-29,31,33-35,37,39-41,43,45-74,78H2,1-2H3,(H,81,82)/b7-5-,8-6-,13-11-,14-12-,19-17-,20-18-,25-23-,26-24-,32-30-,38-36-,44-42-. The maximum Gasteiger partial charge on any atom is 0.472 e. The number of hydrogen-bond acceptors (Lipinski definition) is 8. The molecule has 0 fully saturated rings. The molecule has 3 N–H and O–H groups in total. The van der Waals surface area contributed by atoms with Gasteiger partial charge in [-0.15, -0.1) is 0 Å². The number of phosphoric ester groups is 1. The summed E-state index contributed by atoms with van der Waals surface area (Å²) >= 11 is 0. The summed E-state index contributed by atoms with van der Waals surface area (Å²) in [7, 11) is -4.40. The molecule has 0 bridgehead atoms. The van der Waals surface area contributed by atoms with Gasteiger partial charge in [0.2, 0.25) is 0 Å².